The van der Waals surface area contributed by atoms with Crippen molar-refractivity contribution >= 4 is 63.8 Å². The molecule has 0 bridgehead atoms. The molecule has 4 rings (SSSR count). The molecular weight excluding hydrogens is 487 g/mol. The standard InChI is InChI=1S/C27H20Cl2N2O2S/c28-19-11-16-24(25(29)17-19)27(33)30-20-12-14-23(15-13-20)34-18-26(32)31(21-7-3-1-4-8-21)22-9-5-2-6-10-22/h1-17H,18H2,(H,30,33). The number of thioether (sulfide) groups is 1. The van der Waals surface area contributed by atoms with Gasteiger partial charge < -0.3 is 5.32 Å². The molecule has 34 heavy (non-hydrogen) atoms. The van der Waals surface area contributed by atoms with Crippen molar-refractivity contribution in [2.24, 2.45) is 0 Å². The van der Waals surface area contributed by atoms with Crippen molar-refractivity contribution in [2.45, 2.75) is 4.90 Å². The maximum Gasteiger partial charge on any atom is 0.257 e. The highest BCUT2D eigenvalue weighted by molar-refractivity contribution is 8.00. The minimum Gasteiger partial charge on any atom is -0.322 e. The molecule has 0 aliphatic carbocycles. The Morgan fingerprint density at radius 2 is 1.35 bits per heavy atom. The number of hydrogen-bond acceptors (Lipinski definition) is 3. The first-order valence-corrected chi connectivity index (χ1v) is 12.2. The summed E-state index contributed by atoms with van der Waals surface area (Å²) in [5.41, 5.74) is 2.61. The zero-order valence-corrected chi connectivity index (χ0v) is 20.3. The maximum absolute atomic E-state index is 13.2. The molecule has 0 fully saturated rings. The fourth-order valence-corrected chi connectivity index (χ4v) is 4.55. The fraction of sp³-hybridized carbons (Fsp3) is 0.0370. The summed E-state index contributed by atoms with van der Waals surface area (Å²) in [6, 6.07) is 31.2. The molecule has 170 valence electrons. The van der Waals surface area contributed by atoms with Gasteiger partial charge in [0.2, 0.25) is 5.91 Å². The molecule has 0 aliphatic heterocycles. The Balaban J connectivity index is 1.41. The number of para-hydroxylation sites is 2. The van der Waals surface area contributed by atoms with Gasteiger partial charge in [0.25, 0.3) is 5.91 Å². The molecule has 0 radical (unpaired) electrons. The van der Waals surface area contributed by atoms with Gasteiger partial charge in [0, 0.05) is 27.0 Å². The minimum absolute atomic E-state index is 0.0304. The largest absolute Gasteiger partial charge is 0.322 e. The molecule has 4 aromatic carbocycles. The van der Waals surface area contributed by atoms with E-state index >= 15 is 0 Å². The minimum atomic E-state index is -0.321. The summed E-state index contributed by atoms with van der Waals surface area (Å²) in [6.07, 6.45) is 0. The van der Waals surface area contributed by atoms with E-state index in [1.54, 1.807) is 29.2 Å². The zero-order chi connectivity index (χ0) is 23.9. The topological polar surface area (TPSA) is 49.4 Å². The number of benzene rings is 4. The molecule has 2 amide bonds. The summed E-state index contributed by atoms with van der Waals surface area (Å²) in [5.74, 6) is -0.0913. The van der Waals surface area contributed by atoms with Gasteiger partial charge in [0.1, 0.15) is 0 Å². The predicted octanol–water partition coefficient (Wildman–Crippen LogP) is 7.70. The Bertz CT molecular complexity index is 1240. The van der Waals surface area contributed by atoms with E-state index in [9.17, 15) is 9.59 Å². The second-order valence-electron chi connectivity index (χ2n) is 7.29. The molecular formula is C27H20Cl2N2O2S. The molecule has 4 aromatic rings. The first kappa shape index (κ1) is 23.9. The summed E-state index contributed by atoms with van der Waals surface area (Å²) >= 11 is 13.4. The van der Waals surface area contributed by atoms with E-state index in [0.29, 0.717) is 16.3 Å². The number of rotatable bonds is 7. The summed E-state index contributed by atoms with van der Waals surface area (Å²) in [4.78, 5) is 28.3. The van der Waals surface area contributed by atoms with Crippen LogP contribution in [0.2, 0.25) is 10.0 Å². The van der Waals surface area contributed by atoms with Gasteiger partial charge in [-0.3, -0.25) is 14.5 Å². The Hall–Kier alpha value is -3.25. The average Bonchev–Trinajstić information content (AvgIpc) is 2.85. The number of anilines is 3. The lowest BCUT2D eigenvalue weighted by molar-refractivity contribution is -0.115. The monoisotopic (exact) mass is 506 g/mol. The Kier molecular flexibility index (Phi) is 7.91. The van der Waals surface area contributed by atoms with Crippen molar-refractivity contribution in [2.75, 3.05) is 16.0 Å². The number of carbonyl (C=O) groups excluding carboxylic acids is 2. The van der Waals surface area contributed by atoms with Gasteiger partial charge in [-0.15, -0.1) is 11.8 Å². The van der Waals surface area contributed by atoms with Crippen LogP contribution in [0.15, 0.2) is 108 Å². The second-order valence-corrected chi connectivity index (χ2v) is 9.18. The highest BCUT2D eigenvalue weighted by atomic mass is 35.5. The lowest BCUT2D eigenvalue weighted by Crippen LogP contribution is -2.27. The van der Waals surface area contributed by atoms with Gasteiger partial charge in [0.05, 0.1) is 16.3 Å². The van der Waals surface area contributed by atoms with Crippen LogP contribution >= 0.6 is 35.0 Å². The van der Waals surface area contributed by atoms with E-state index in [4.69, 9.17) is 23.2 Å². The normalized spacial score (nSPS) is 10.5. The Morgan fingerprint density at radius 3 is 1.91 bits per heavy atom. The number of halogens is 2. The third kappa shape index (κ3) is 6.00. The van der Waals surface area contributed by atoms with E-state index < -0.39 is 0 Å². The van der Waals surface area contributed by atoms with Crippen molar-refractivity contribution < 1.29 is 9.59 Å². The number of hydrogen-bond donors (Lipinski definition) is 1. The first-order chi connectivity index (χ1) is 16.5. The van der Waals surface area contributed by atoms with E-state index in [1.165, 1.54) is 17.8 Å². The SMILES string of the molecule is O=C(Nc1ccc(SCC(=O)N(c2ccccc2)c2ccccc2)cc1)c1ccc(Cl)cc1Cl. The number of amides is 2. The Labute approximate surface area is 212 Å². The van der Waals surface area contributed by atoms with Crippen LogP contribution in [0, 0.1) is 0 Å². The average molecular weight is 507 g/mol. The molecule has 0 saturated carbocycles. The summed E-state index contributed by atoms with van der Waals surface area (Å²) in [7, 11) is 0. The van der Waals surface area contributed by atoms with Gasteiger partial charge in [0.15, 0.2) is 0 Å². The molecule has 0 aromatic heterocycles. The molecule has 4 nitrogen and oxygen atoms in total. The quantitative estimate of drug-likeness (QED) is 0.261. The van der Waals surface area contributed by atoms with E-state index in [-0.39, 0.29) is 22.6 Å². The van der Waals surface area contributed by atoms with Crippen LogP contribution in [0.25, 0.3) is 0 Å². The van der Waals surface area contributed by atoms with Crippen LogP contribution < -0.4 is 10.2 Å². The molecule has 0 saturated heterocycles. The van der Waals surface area contributed by atoms with Crippen LogP contribution in [0.5, 0.6) is 0 Å². The van der Waals surface area contributed by atoms with Crippen molar-refractivity contribution in [3.05, 3.63) is 119 Å². The molecule has 0 atom stereocenters. The van der Waals surface area contributed by atoms with Crippen molar-refractivity contribution in [1.29, 1.82) is 0 Å². The van der Waals surface area contributed by atoms with Crippen LogP contribution in [0.4, 0.5) is 17.1 Å². The third-order valence-corrected chi connectivity index (χ3v) is 6.47. The molecule has 0 spiro atoms. The van der Waals surface area contributed by atoms with Gasteiger partial charge in [-0.2, -0.15) is 0 Å². The summed E-state index contributed by atoms with van der Waals surface area (Å²) in [6.45, 7) is 0. The van der Waals surface area contributed by atoms with Crippen molar-refractivity contribution in [3.8, 4) is 0 Å². The van der Waals surface area contributed by atoms with Gasteiger partial charge in [-0.05, 0) is 66.7 Å². The van der Waals surface area contributed by atoms with Crippen molar-refractivity contribution in [3.63, 3.8) is 0 Å². The third-order valence-electron chi connectivity index (χ3n) is 4.93. The molecule has 0 heterocycles. The molecule has 0 aliphatic rings. The Morgan fingerprint density at radius 1 is 0.765 bits per heavy atom. The first-order valence-electron chi connectivity index (χ1n) is 10.4. The smallest absolute Gasteiger partial charge is 0.257 e. The van der Waals surface area contributed by atoms with Crippen LogP contribution in [-0.2, 0) is 4.79 Å². The molecule has 0 unspecified atom stereocenters. The van der Waals surface area contributed by atoms with Crippen LogP contribution in [0.1, 0.15) is 10.4 Å². The number of nitrogens with zero attached hydrogens (tertiary/aromatic N) is 1. The second kappa shape index (κ2) is 11.3. The van der Waals surface area contributed by atoms with E-state index in [2.05, 4.69) is 5.32 Å². The summed E-state index contributed by atoms with van der Waals surface area (Å²) in [5, 5.41) is 3.58. The van der Waals surface area contributed by atoms with Gasteiger partial charge in [-0.1, -0.05) is 59.6 Å². The fourth-order valence-electron chi connectivity index (χ4n) is 3.31. The zero-order valence-electron chi connectivity index (χ0n) is 17.9. The maximum atomic E-state index is 13.2. The van der Waals surface area contributed by atoms with Gasteiger partial charge in [-0.25, -0.2) is 0 Å². The predicted molar refractivity (Wildman–Crippen MR) is 142 cm³/mol. The molecule has 1 N–H and O–H groups in total. The molecule has 7 heteroatoms. The lowest BCUT2D eigenvalue weighted by atomic mass is 10.2. The summed E-state index contributed by atoms with van der Waals surface area (Å²) < 4.78 is 0. The number of carbonyl (C=O) groups is 2. The van der Waals surface area contributed by atoms with Gasteiger partial charge >= 0.3 is 0 Å². The van der Waals surface area contributed by atoms with Crippen LogP contribution in [0.3, 0.4) is 0 Å². The number of nitrogens with one attached hydrogen (secondary N) is 1. The van der Waals surface area contributed by atoms with E-state index in [0.717, 1.165) is 16.3 Å². The van der Waals surface area contributed by atoms with Crippen LogP contribution in [-0.4, -0.2) is 17.6 Å². The lowest BCUT2D eigenvalue weighted by Gasteiger charge is -2.23. The highest BCUT2D eigenvalue weighted by Crippen LogP contribution is 2.28. The highest BCUT2D eigenvalue weighted by Gasteiger charge is 2.18. The van der Waals surface area contributed by atoms with E-state index in [1.807, 2.05) is 72.8 Å². The van der Waals surface area contributed by atoms with Crippen molar-refractivity contribution in [1.82, 2.24) is 0 Å².